The molecule has 0 radical (unpaired) electrons. The zero-order valence-corrected chi connectivity index (χ0v) is 31.9. The maximum atomic E-state index is 12.5. The zero-order valence-electron chi connectivity index (χ0n) is 31.9. The summed E-state index contributed by atoms with van der Waals surface area (Å²) in [5, 5.41) is 8.64. The molecule has 0 spiro atoms. The summed E-state index contributed by atoms with van der Waals surface area (Å²) in [5.74, 6) is 6.02. The number of fused-ring (bicyclic) bond motifs is 3. The Labute approximate surface area is 320 Å². The second-order valence-electron chi connectivity index (χ2n) is 13.5. The van der Waals surface area contributed by atoms with Crippen molar-refractivity contribution < 1.29 is 42.8 Å². The molecule has 0 saturated carbocycles. The first kappa shape index (κ1) is 42.7. The summed E-state index contributed by atoms with van der Waals surface area (Å²) in [6.07, 6.45) is 7.35. The van der Waals surface area contributed by atoms with E-state index in [2.05, 4.69) is 52.1 Å². The van der Waals surface area contributed by atoms with E-state index in [4.69, 9.17) is 28.4 Å². The number of carbonyl (C=O) groups is 3. The topological polar surface area (TPSA) is 143 Å². The zero-order chi connectivity index (χ0) is 38.1. The predicted molar refractivity (Wildman–Crippen MR) is 206 cm³/mol. The van der Waals surface area contributed by atoms with Gasteiger partial charge in [-0.15, -0.1) is 5.92 Å². The average molecular weight is 750 g/mol. The summed E-state index contributed by atoms with van der Waals surface area (Å²) >= 11 is 0. The lowest BCUT2D eigenvalue weighted by atomic mass is 9.98. The third-order valence-electron chi connectivity index (χ3n) is 9.20. The van der Waals surface area contributed by atoms with Crippen LogP contribution in [0.2, 0.25) is 0 Å². The van der Waals surface area contributed by atoms with E-state index in [1.165, 1.54) is 22.3 Å². The van der Waals surface area contributed by atoms with Crippen LogP contribution in [0.4, 0.5) is 4.79 Å². The second-order valence-corrected chi connectivity index (χ2v) is 13.5. The highest BCUT2D eigenvalue weighted by molar-refractivity contribution is 5.79. The Balaban J connectivity index is 0.868. The van der Waals surface area contributed by atoms with Gasteiger partial charge in [-0.3, -0.25) is 9.59 Å². The van der Waals surface area contributed by atoms with Gasteiger partial charge in [-0.25, -0.2) is 4.79 Å². The summed E-state index contributed by atoms with van der Waals surface area (Å²) in [5.41, 5.74) is 4.78. The number of benzene rings is 2. The summed E-state index contributed by atoms with van der Waals surface area (Å²) in [4.78, 5) is 36.6. The first-order chi connectivity index (χ1) is 26.5. The van der Waals surface area contributed by atoms with E-state index >= 15 is 0 Å². The molecule has 2 atom stereocenters. The highest BCUT2D eigenvalue weighted by Crippen LogP contribution is 2.44. The minimum Gasteiger partial charge on any atom is -0.449 e. The van der Waals surface area contributed by atoms with Crippen molar-refractivity contribution in [3.63, 3.8) is 0 Å². The number of hydrogen-bond acceptors (Lipinski definition) is 9. The van der Waals surface area contributed by atoms with Gasteiger partial charge < -0.3 is 44.4 Å². The van der Waals surface area contributed by atoms with Crippen LogP contribution in [0, 0.1) is 11.8 Å². The summed E-state index contributed by atoms with van der Waals surface area (Å²) in [7, 11) is 0. The van der Waals surface area contributed by atoms with E-state index in [-0.39, 0.29) is 42.9 Å². The number of nitrogens with one attached hydrogen (secondary N) is 3. The molecule has 54 heavy (non-hydrogen) atoms. The molecule has 3 amide bonds. The molecule has 296 valence electrons. The highest BCUT2D eigenvalue weighted by atomic mass is 16.6. The molecule has 0 aromatic heterocycles. The normalized spacial score (nSPS) is 15.5. The van der Waals surface area contributed by atoms with E-state index in [0.717, 1.165) is 51.4 Å². The highest BCUT2D eigenvalue weighted by Gasteiger charge is 2.29. The standard InChI is InChI=1S/C42H59N3O9/c1-33(45-42(48)54-31-39-37-18-9-7-16-35(37)36-17-8-10-19-38(36)39)13-11-12-21-43-40(46)20-23-49-25-27-51-29-30-52-28-26-50-24-22-44-41(47)32-53-34-14-5-3-2-4-6-15-34/h7-10,16-19,33-34,39H,2-5,11-14,20-32H2,1H3,(H,43,46)(H,44,47)(H,45,48)/t33-,34?/m1/s1. The number of unbranched alkanes of at least 4 members (excludes halogenated alkanes) is 1. The van der Waals surface area contributed by atoms with Crippen molar-refractivity contribution in [2.24, 2.45) is 0 Å². The predicted octanol–water partition coefficient (Wildman–Crippen LogP) is 5.13. The number of amides is 3. The van der Waals surface area contributed by atoms with Gasteiger partial charge in [0.2, 0.25) is 11.8 Å². The molecule has 0 fully saturated rings. The molecular weight excluding hydrogens is 690 g/mol. The molecule has 2 aliphatic rings. The fourth-order valence-corrected chi connectivity index (χ4v) is 6.32. The Hall–Kier alpha value is -3.99. The monoisotopic (exact) mass is 749 g/mol. The lowest BCUT2D eigenvalue weighted by molar-refractivity contribution is -0.127. The van der Waals surface area contributed by atoms with Crippen molar-refractivity contribution in [2.75, 3.05) is 79.2 Å². The number of rotatable bonds is 26. The molecule has 0 aliphatic heterocycles. The maximum absolute atomic E-state index is 12.5. The van der Waals surface area contributed by atoms with Gasteiger partial charge in [0.1, 0.15) is 19.3 Å². The molecule has 2 aromatic rings. The van der Waals surface area contributed by atoms with Gasteiger partial charge in [0, 0.05) is 37.9 Å². The van der Waals surface area contributed by atoms with Crippen molar-refractivity contribution in [1.82, 2.24) is 16.0 Å². The van der Waals surface area contributed by atoms with Crippen LogP contribution in [-0.2, 0) is 38.0 Å². The Morgan fingerprint density at radius 1 is 0.741 bits per heavy atom. The van der Waals surface area contributed by atoms with Crippen LogP contribution in [0.3, 0.4) is 0 Å². The van der Waals surface area contributed by atoms with Crippen LogP contribution in [-0.4, -0.2) is 109 Å². The largest absolute Gasteiger partial charge is 0.449 e. The fourth-order valence-electron chi connectivity index (χ4n) is 6.32. The minimum atomic E-state index is -0.410. The SMILES string of the molecule is C[C@H](CCCCNC(=O)CCOCCOCCOCCOCCNC(=O)COC1C#CCCCCC1)NC(=O)OCC1c2ccccc2-c2ccccc21. The van der Waals surface area contributed by atoms with Crippen LogP contribution in [0.25, 0.3) is 11.1 Å². The van der Waals surface area contributed by atoms with Crippen LogP contribution in [0.15, 0.2) is 48.5 Å². The summed E-state index contributed by atoms with van der Waals surface area (Å²) in [6.45, 7) is 6.53. The molecule has 12 nitrogen and oxygen atoms in total. The summed E-state index contributed by atoms with van der Waals surface area (Å²) < 4.78 is 33.2. The van der Waals surface area contributed by atoms with Crippen molar-refractivity contribution in [3.8, 4) is 23.0 Å². The molecule has 1 unspecified atom stereocenters. The lowest BCUT2D eigenvalue weighted by Crippen LogP contribution is -2.34. The van der Waals surface area contributed by atoms with Crippen LogP contribution in [0.5, 0.6) is 0 Å². The van der Waals surface area contributed by atoms with E-state index in [1.54, 1.807) is 0 Å². The van der Waals surface area contributed by atoms with Crippen molar-refractivity contribution in [1.29, 1.82) is 0 Å². The number of ether oxygens (including phenoxy) is 6. The van der Waals surface area contributed by atoms with Crippen LogP contribution < -0.4 is 16.0 Å². The van der Waals surface area contributed by atoms with Gasteiger partial charge in [-0.2, -0.15) is 0 Å². The van der Waals surface area contributed by atoms with Gasteiger partial charge in [-0.1, -0.05) is 60.9 Å². The maximum Gasteiger partial charge on any atom is 0.407 e. The Kier molecular flexibility index (Phi) is 20.5. The smallest absolute Gasteiger partial charge is 0.407 e. The van der Waals surface area contributed by atoms with Crippen LogP contribution >= 0.6 is 0 Å². The molecule has 0 heterocycles. The van der Waals surface area contributed by atoms with Crippen molar-refractivity contribution in [2.45, 2.75) is 82.8 Å². The summed E-state index contributed by atoms with van der Waals surface area (Å²) in [6, 6.07) is 16.5. The average Bonchev–Trinajstić information content (AvgIpc) is 3.48. The lowest BCUT2D eigenvalue weighted by Gasteiger charge is -2.17. The molecule has 3 N–H and O–H groups in total. The molecule has 12 heteroatoms. The number of carbonyl (C=O) groups excluding carboxylic acids is 3. The van der Waals surface area contributed by atoms with Crippen molar-refractivity contribution in [3.05, 3.63) is 59.7 Å². The number of hydrogen-bond donors (Lipinski definition) is 3. The van der Waals surface area contributed by atoms with Gasteiger partial charge in [-0.05, 0) is 67.7 Å². The Bertz CT molecular complexity index is 1430. The first-order valence-electron chi connectivity index (χ1n) is 19.6. The molecule has 0 bridgehead atoms. The van der Waals surface area contributed by atoms with E-state index in [1.807, 2.05) is 31.2 Å². The number of alkyl carbamates (subject to hydrolysis) is 1. The first-order valence-corrected chi connectivity index (χ1v) is 19.6. The Morgan fingerprint density at radius 3 is 2.07 bits per heavy atom. The van der Waals surface area contributed by atoms with Gasteiger partial charge in [0.05, 0.1) is 52.9 Å². The van der Waals surface area contributed by atoms with Gasteiger partial charge in [0.15, 0.2) is 0 Å². The van der Waals surface area contributed by atoms with Crippen molar-refractivity contribution >= 4 is 17.9 Å². The van der Waals surface area contributed by atoms with E-state index in [0.29, 0.717) is 72.6 Å². The van der Waals surface area contributed by atoms with Gasteiger partial charge >= 0.3 is 6.09 Å². The minimum absolute atomic E-state index is 0.0135. The third-order valence-corrected chi connectivity index (χ3v) is 9.20. The fraction of sp³-hybridized carbons (Fsp3) is 0.595. The molecular formula is C42H59N3O9. The quantitative estimate of drug-likeness (QED) is 0.0882. The molecule has 0 saturated heterocycles. The van der Waals surface area contributed by atoms with E-state index in [9.17, 15) is 14.4 Å². The van der Waals surface area contributed by atoms with Crippen LogP contribution in [0.1, 0.15) is 81.8 Å². The molecule has 2 aliphatic carbocycles. The second kappa shape index (κ2) is 25.9. The van der Waals surface area contributed by atoms with E-state index < -0.39 is 6.09 Å². The van der Waals surface area contributed by atoms with Gasteiger partial charge in [0.25, 0.3) is 0 Å². The molecule has 4 rings (SSSR count). The Morgan fingerprint density at radius 2 is 1.37 bits per heavy atom. The third kappa shape index (κ3) is 16.6. The molecule has 2 aromatic carbocycles.